The number of nitrogens with two attached hydrogens (primary N) is 1. The van der Waals surface area contributed by atoms with Crippen molar-refractivity contribution in [3.05, 3.63) is 23.8 Å². The molecule has 1 unspecified atom stereocenters. The molecule has 1 aromatic rings. The SMILES string of the molecule is CCOC(=O)C(F)[C@@H](N)c1ccc(OC)c(OC)c1.Cl. The predicted molar refractivity (Wildman–Crippen MR) is 75.3 cm³/mol. The second-order valence-corrected chi connectivity index (χ2v) is 3.79. The Hall–Kier alpha value is -1.53. The molecule has 0 amide bonds. The van der Waals surface area contributed by atoms with Crippen molar-refractivity contribution in [1.82, 2.24) is 0 Å². The Morgan fingerprint density at radius 1 is 1.30 bits per heavy atom. The Morgan fingerprint density at radius 2 is 1.90 bits per heavy atom. The minimum absolute atomic E-state index is 0. The highest BCUT2D eigenvalue weighted by Gasteiger charge is 2.28. The quantitative estimate of drug-likeness (QED) is 0.814. The summed E-state index contributed by atoms with van der Waals surface area (Å²) in [6.45, 7) is 1.71. The van der Waals surface area contributed by atoms with E-state index in [2.05, 4.69) is 4.74 Å². The number of rotatable bonds is 6. The van der Waals surface area contributed by atoms with Gasteiger partial charge in [-0.1, -0.05) is 6.07 Å². The van der Waals surface area contributed by atoms with E-state index in [1.54, 1.807) is 19.1 Å². The van der Waals surface area contributed by atoms with Crippen molar-refractivity contribution in [3.8, 4) is 11.5 Å². The summed E-state index contributed by atoms with van der Waals surface area (Å²) in [4.78, 5) is 11.3. The van der Waals surface area contributed by atoms with Crippen molar-refractivity contribution in [1.29, 1.82) is 0 Å². The maximum atomic E-state index is 13.8. The van der Waals surface area contributed by atoms with Gasteiger partial charge in [-0.15, -0.1) is 12.4 Å². The molecular weight excluding hydrogens is 289 g/mol. The highest BCUT2D eigenvalue weighted by atomic mass is 35.5. The molecule has 0 saturated carbocycles. The van der Waals surface area contributed by atoms with E-state index < -0.39 is 18.2 Å². The van der Waals surface area contributed by atoms with Crippen molar-refractivity contribution in [2.24, 2.45) is 5.73 Å². The number of ether oxygens (including phenoxy) is 3. The third-order valence-corrected chi connectivity index (χ3v) is 2.62. The smallest absolute Gasteiger partial charge is 0.342 e. The van der Waals surface area contributed by atoms with Gasteiger partial charge >= 0.3 is 5.97 Å². The van der Waals surface area contributed by atoms with E-state index >= 15 is 0 Å². The summed E-state index contributed by atoms with van der Waals surface area (Å²) in [6.07, 6.45) is -1.92. The number of hydrogen-bond acceptors (Lipinski definition) is 5. The van der Waals surface area contributed by atoms with Gasteiger partial charge in [0.1, 0.15) is 0 Å². The molecule has 0 radical (unpaired) electrons. The largest absolute Gasteiger partial charge is 0.493 e. The van der Waals surface area contributed by atoms with Crippen LogP contribution in [0.25, 0.3) is 0 Å². The Kier molecular flexibility index (Phi) is 7.94. The zero-order valence-corrected chi connectivity index (χ0v) is 12.4. The molecule has 0 heterocycles. The van der Waals surface area contributed by atoms with Crippen LogP contribution in [0.15, 0.2) is 18.2 Å². The average Bonchev–Trinajstić information content (AvgIpc) is 2.45. The Morgan fingerprint density at radius 3 is 2.40 bits per heavy atom. The lowest BCUT2D eigenvalue weighted by Gasteiger charge is -2.17. The number of carbonyl (C=O) groups excluding carboxylic acids is 1. The van der Waals surface area contributed by atoms with E-state index in [4.69, 9.17) is 15.2 Å². The summed E-state index contributed by atoms with van der Waals surface area (Å²) in [5.41, 5.74) is 6.14. The molecule has 20 heavy (non-hydrogen) atoms. The van der Waals surface area contributed by atoms with E-state index in [0.29, 0.717) is 17.1 Å². The third kappa shape index (κ3) is 4.25. The number of alkyl halides is 1. The molecule has 0 aliphatic heterocycles. The van der Waals surface area contributed by atoms with Crippen LogP contribution in [0.3, 0.4) is 0 Å². The van der Waals surface area contributed by atoms with Crippen LogP contribution in [0.4, 0.5) is 4.39 Å². The fourth-order valence-corrected chi connectivity index (χ4v) is 1.60. The Bertz CT molecular complexity index is 444. The second kappa shape index (κ2) is 8.60. The van der Waals surface area contributed by atoms with Crippen molar-refractivity contribution in [3.63, 3.8) is 0 Å². The molecule has 0 fully saturated rings. The van der Waals surface area contributed by atoms with Crippen LogP contribution in [0, 0.1) is 0 Å². The summed E-state index contributed by atoms with van der Waals surface area (Å²) >= 11 is 0. The van der Waals surface area contributed by atoms with Crippen molar-refractivity contribution >= 4 is 18.4 Å². The van der Waals surface area contributed by atoms with Crippen LogP contribution >= 0.6 is 12.4 Å². The first-order valence-electron chi connectivity index (χ1n) is 5.83. The summed E-state index contributed by atoms with van der Waals surface area (Å²) in [5, 5.41) is 0. The van der Waals surface area contributed by atoms with Gasteiger partial charge in [-0.05, 0) is 24.6 Å². The molecule has 0 saturated heterocycles. The molecule has 0 bridgehead atoms. The maximum absolute atomic E-state index is 13.8. The zero-order valence-electron chi connectivity index (χ0n) is 11.6. The summed E-state index contributed by atoms with van der Waals surface area (Å²) < 4.78 is 28.6. The van der Waals surface area contributed by atoms with Gasteiger partial charge in [-0.3, -0.25) is 0 Å². The van der Waals surface area contributed by atoms with E-state index in [1.807, 2.05) is 0 Å². The summed E-state index contributed by atoms with van der Waals surface area (Å²) in [7, 11) is 2.96. The lowest BCUT2D eigenvalue weighted by Crippen LogP contribution is -2.31. The number of benzene rings is 1. The van der Waals surface area contributed by atoms with Crippen LogP contribution < -0.4 is 15.2 Å². The first-order valence-corrected chi connectivity index (χ1v) is 5.83. The second-order valence-electron chi connectivity index (χ2n) is 3.79. The molecular formula is C13H19ClFNO4. The molecule has 0 spiro atoms. The molecule has 5 nitrogen and oxygen atoms in total. The van der Waals surface area contributed by atoms with E-state index in [9.17, 15) is 9.18 Å². The van der Waals surface area contributed by atoms with Gasteiger partial charge in [0.05, 0.1) is 26.9 Å². The number of halogens is 2. The highest BCUT2D eigenvalue weighted by Crippen LogP contribution is 2.30. The van der Waals surface area contributed by atoms with Crippen molar-refractivity contribution < 1.29 is 23.4 Å². The van der Waals surface area contributed by atoms with Gasteiger partial charge in [0.15, 0.2) is 11.5 Å². The van der Waals surface area contributed by atoms with Crippen LogP contribution in [-0.4, -0.2) is 33.0 Å². The number of methoxy groups -OCH3 is 2. The third-order valence-electron chi connectivity index (χ3n) is 2.62. The van der Waals surface area contributed by atoms with Gasteiger partial charge in [0.25, 0.3) is 0 Å². The van der Waals surface area contributed by atoms with E-state index in [1.165, 1.54) is 20.3 Å². The maximum Gasteiger partial charge on any atom is 0.342 e. The summed E-state index contributed by atoms with van der Waals surface area (Å²) in [6, 6.07) is 3.61. The lowest BCUT2D eigenvalue weighted by molar-refractivity contribution is -0.149. The van der Waals surface area contributed by atoms with E-state index in [-0.39, 0.29) is 19.0 Å². The highest BCUT2D eigenvalue weighted by molar-refractivity contribution is 5.85. The fraction of sp³-hybridized carbons (Fsp3) is 0.462. The normalized spacial score (nSPS) is 12.8. The monoisotopic (exact) mass is 307 g/mol. The average molecular weight is 308 g/mol. The Labute approximate surface area is 123 Å². The van der Waals surface area contributed by atoms with Gasteiger partial charge in [0, 0.05) is 0 Å². The molecule has 2 N–H and O–H groups in total. The predicted octanol–water partition coefficient (Wildman–Crippen LogP) is 2.03. The lowest BCUT2D eigenvalue weighted by atomic mass is 10.0. The molecule has 1 rings (SSSR count). The van der Waals surface area contributed by atoms with Crippen LogP contribution in [0.2, 0.25) is 0 Å². The first kappa shape index (κ1) is 18.5. The van der Waals surface area contributed by atoms with Crippen molar-refractivity contribution in [2.75, 3.05) is 20.8 Å². The minimum atomic E-state index is -1.92. The van der Waals surface area contributed by atoms with Gasteiger partial charge in [-0.25, -0.2) is 9.18 Å². The number of esters is 1. The molecule has 114 valence electrons. The standard InChI is InChI=1S/C13H18FNO4.ClH/c1-4-19-13(16)11(14)12(15)8-5-6-9(17-2)10(7-8)18-3;/h5-7,11-12H,4,15H2,1-3H3;1H/t11?,12-;/m0./s1. The summed E-state index contributed by atoms with van der Waals surface area (Å²) in [5.74, 6) is -0.0405. The molecule has 0 aliphatic carbocycles. The fourth-order valence-electron chi connectivity index (χ4n) is 1.60. The number of hydrogen-bond donors (Lipinski definition) is 1. The van der Waals surface area contributed by atoms with Crippen molar-refractivity contribution in [2.45, 2.75) is 19.1 Å². The Balaban J connectivity index is 0.00000361. The molecule has 1 aromatic carbocycles. The van der Waals surface area contributed by atoms with Gasteiger partial charge in [-0.2, -0.15) is 0 Å². The van der Waals surface area contributed by atoms with Gasteiger partial charge in [0.2, 0.25) is 6.17 Å². The van der Waals surface area contributed by atoms with Crippen LogP contribution in [0.1, 0.15) is 18.5 Å². The van der Waals surface area contributed by atoms with E-state index in [0.717, 1.165) is 0 Å². The van der Waals surface area contributed by atoms with Gasteiger partial charge < -0.3 is 19.9 Å². The number of carbonyl (C=O) groups is 1. The van der Waals surface area contributed by atoms with Crippen LogP contribution in [-0.2, 0) is 9.53 Å². The minimum Gasteiger partial charge on any atom is -0.493 e. The zero-order chi connectivity index (χ0) is 14.4. The molecule has 7 heteroatoms. The first-order chi connectivity index (χ1) is 9.04. The topological polar surface area (TPSA) is 70.8 Å². The molecule has 2 atom stereocenters. The van der Waals surface area contributed by atoms with Crippen LogP contribution in [0.5, 0.6) is 11.5 Å². The molecule has 0 aliphatic rings. The molecule has 0 aromatic heterocycles.